The third kappa shape index (κ3) is 5.23. The summed E-state index contributed by atoms with van der Waals surface area (Å²) in [5.41, 5.74) is 4.08. The molecular formula is C26H38N6O2. The van der Waals surface area contributed by atoms with Crippen LogP contribution in [0.3, 0.4) is 0 Å². The SMILES string of the molecule is COCCn1nnnc1[C@H](C(C)C)N(Cc1cc2cc(C)c(C)cc2[nH]c1=O)C1CCCCC1. The minimum absolute atomic E-state index is 0.00445. The lowest BCUT2D eigenvalue weighted by Crippen LogP contribution is -2.43. The van der Waals surface area contributed by atoms with Gasteiger partial charge in [0.2, 0.25) is 0 Å². The van der Waals surface area contributed by atoms with Crippen LogP contribution < -0.4 is 5.56 Å². The molecule has 1 saturated carbocycles. The number of nitrogens with one attached hydrogen (secondary N) is 1. The normalized spacial score (nSPS) is 16.1. The van der Waals surface area contributed by atoms with Gasteiger partial charge in [0.05, 0.1) is 19.2 Å². The zero-order valence-corrected chi connectivity index (χ0v) is 21.2. The Kier molecular flexibility index (Phi) is 7.78. The molecule has 34 heavy (non-hydrogen) atoms. The zero-order valence-electron chi connectivity index (χ0n) is 21.2. The Labute approximate surface area is 201 Å². The molecule has 0 radical (unpaired) electrons. The number of aryl methyl sites for hydroxylation is 2. The Balaban J connectivity index is 1.75. The fourth-order valence-corrected chi connectivity index (χ4v) is 5.29. The van der Waals surface area contributed by atoms with Crippen LogP contribution in [0.25, 0.3) is 10.9 Å². The van der Waals surface area contributed by atoms with Crippen molar-refractivity contribution in [1.82, 2.24) is 30.1 Å². The molecule has 1 fully saturated rings. The molecule has 8 heteroatoms. The lowest BCUT2D eigenvalue weighted by atomic mass is 9.90. The van der Waals surface area contributed by atoms with E-state index in [9.17, 15) is 4.79 Å². The highest BCUT2D eigenvalue weighted by atomic mass is 16.5. The van der Waals surface area contributed by atoms with Crippen molar-refractivity contribution in [2.24, 2.45) is 5.92 Å². The quantitative estimate of drug-likeness (QED) is 0.505. The van der Waals surface area contributed by atoms with E-state index < -0.39 is 0 Å². The summed E-state index contributed by atoms with van der Waals surface area (Å²) < 4.78 is 7.14. The van der Waals surface area contributed by atoms with Crippen molar-refractivity contribution < 1.29 is 4.74 Å². The summed E-state index contributed by atoms with van der Waals surface area (Å²) in [5, 5.41) is 13.8. The van der Waals surface area contributed by atoms with E-state index in [1.165, 1.54) is 30.4 Å². The Bertz CT molecular complexity index is 1160. The molecule has 1 N–H and O–H groups in total. The van der Waals surface area contributed by atoms with Crippen LogP contribution >= 0.6 is 0 Å². The summed E-state index contributed by atoms with van der Waals surface area (Å²) in [6.45, 7) is 10.3. The smallest absolute Gasteiger partial charge is 0.252 e. The summed E-state index contributed by atoms with van der Waals surface area (Å²) in [6.07, 6.45) is 5.97. The maximum absolute atomic E-state index is 13.2. The van der Waals surface area contributed by atoms with Crippen LogP contribution in [-0.2, 0) is 17.8 Å². The first-order chi connectivity index (χ1) is 16.4. The van der Waals surface area contributed by atoms with Gasteiger partial charge in [-0.1, -0.05) is 33.1 Å². The Morgan fingerprint density at radius 1 is 1.15 bits per heavy atom. The summed E-state index contributed by atoms with van der Waals surface area (Å²) in [7, 11) is 1.69. The molecule has 1 aliphatic rings. The van der Waals surface area contributed by atoms with E-state index in [-0.39, 0.29) is 17.5 Å². The maximum atomic E-state index is 13.2. The van der Waals surface area contributed by atoms with Gasteiger partial charge in [-0.2, -0.15) is 0 Å². The van der Waals surface area contributed by atoms with Crippen molar-refractivity contribution in [3.8, 4) is 0 Å². The predicted molar refractivity (Wildman–Crippen MR) is 134 cm³/mol. The van der Waals surface area contributed by atoms with Crippen LogP contribution in [0.2, 0.25) is 0 Å². The van der Waals surface area contributed by atoms with E-state index >= 15 is 0 Å². The molecule has 8 nitrogen and oxygen atoms in total. The van der Waals surface area contributed by atoms with Crippen molar-refractivity contribution in [2.75, 3.05) is 13.7 Å². The summed E-state index contributed by atoms with van der Waals surface area (Å²) in [5.74, 6) is 1.12. The van der Waals surface area contributed by atoms with Crippen molar-refractivity contribution in [3.05, 3.63) is 51.1 Å². The average molecular weight is 467 g/mol. The number of rotatable bonds is 9. The Morgan fingerprint density at radius 2 is 1.88 bits per heavy atom. The van der Waals surface area contributed by atoms with Gasteiger partial charge in [-0.05, 0) is 77.7 Å². The molecule has 0 saturated heterocycles. The highest BCUT2D eigenvalue weighted by Gasteiger charge is 2.34. The van der Waals surface area contributed by atoms with Crippen molar-refractivity contribution in [3.63, 3.8) is 0 Å². The summed E-state index contributed by atoms with van der Waals surface area (Å²) in [4.78, 5) is 18.8. The number of tetrazole rings is 1. The number of H-pyrrole nitrogens is 1. The lowest BCUT2D eigenvalue weighted by Gasteiger charge is -2.41. The topological polar surface area (TPSA) is 88.9 Å². The van der Waals surface area contributed by atoms with Gasteiger partial charge < -0.3 is 9.72 Å². The molecule has 184 valence electrons. The van der Waals surface area contributed by atoms with E-state index in [0.717, 1.165) is 35.1 Å². The first kappa shape index (κ1) is 24.5. The number of pyridine rings is 1. The van der Waals surface area contributed by atoms with Crippen molar-refractivity contribution in [1.29, 1.82) is 0 Å². The molecule has 2 aromatic heterocycles. The third-order valence-corrected chi connectivity index (χ3v) is 7.25. The van der Waals surface area contributed by atoms with E-state index in [1.807, 2.05) is 4.68 Å². The molecule has 4 rings (SSSR count). The average Bonchev–Trinajstić information content (AvgIpc) is 3.27. The largest absolute Gasteiger partial charge is 0.383 e. The van der Waals surface area contributed by atoms with Gasteiger partial charge in [0, 0.05) is 30.8 Å². The monoisotopic (exact) mass is 466 g/mol. The number of hydrogen-bond acceptors (Lipinski definition) is 6. The van der Waals surface area contributed by atoms with Gasteiger partial charge >= 0.3 is 0 Å². The van der Waals surface area contributed by atoms with Gasteiger partial charge in [-0.3, -0.25) is 9.69 Å². The van der Waals surface area contributed by atoms with Gasteiger partial charge in [0.25, 0.3) is 5.56 Å². The number of ether oxygens (including phenoxy) is 1. The first-order valence-electron chi connectivity index (χ1n) is 12.5. The van der Waals surface area contributed by atoms with Crippen LogP contribution in [0.4, 0.5) is 0 Å². The first-order valence-corrected chi connectivity index (χ1v) is 12.5. The second-order valence-electron chi connectivity index (χ2n) is 10.1. The van der Waals surface area contributed by atoms with E-state index in [0.29, 0.717) is 25.7 Å². The predicted octanol–water partition coefficient (Wildman–Crippen LogP) is 4.31. The molecule has 0 bridgehead atoms. The van der Waals surface area contributed by atoms with Crippen LogP contribution in [0.5, 0.6) is 0 Å². The van der Waals surface area contributed by atoms with Gasteiger partial charge in [-0.25, -0.2) is 4.68 Å². The number of aromatic nitrogens is 5. The molecule has 1 aliphatic carbocycles. The molecule has 0 unspecified atom stereocenters. The Hall–Kier alpha value is -2.58. The number of hydrogen-bond donors (Lipinski definition) is 1. The molecule has 1 aromatic carbocycles. The number of fused-ring (bicyclic) bond motifs is 1. The molecule has 0 aliphatic heterocycles. The number of methoxy groups -OCH3 is 1. The van der Waals surface area contributed by atoms with E-state index in [4.69, 9.17) is 4.74 Å². The molecule has 3 aromatic rings. The minimum Gasteiger partial charge on any atom is -0.383 e. The number of benzene rings is 1. The lowest BCUT2D eigenvalue weighted by molar-refractivity contribution is 0.0597. The second kappa shape index (κ2) is 10.8. The third-order valence-electron chi connectivity index (χ3n) is 7.25. The standard InChI is InChI=1S/C26H38N6O2/c1-17(2)24(25-28-29-30-32(25)11-12-34-5)31(22-9-7-6-8-10-22)16-21-15-20-13-18(3)19(4)14-23(20)27-26(21)33/h13-15,17,22,24H,6-12,16H2,1-5H3,(H,27,33)/t24-/m0/s1. The van der Waals surface area contributed by atoms with Crippen LogP contribution in [-0.4, -0.2) is 49.8 Å². The minimum atomic E-state index is -0.0157. The van der Waals surface area contributed by atoms with Gasteiger partial charge in [0.1, 0.15) is 0 Å². The maximum Gasteiger partial charge on any atom is 0.252 e. The molecule has 1 atom stereocenters. The number of nitrogens with zero attached hydrogens (tertiary/aromatic N) is 5. The Morgan fingerprint density at radius 3 is 2.59 bits per heavy atom. The fourth-order valence-electron chi connectivity index (χ4n) is 5.29. The molecule has 0 amide bonds. The highest BCUT2D eigenvalue weighted by molar-refractivity contribution is 5.80. The van der Waals surface area contributed by atoms with Crippen LogP contribution in [0.1, 0.15) is 74.5 Å². The molecule has 2 heterocycles. The summed E-state index contributed by atoms with van der Waals surface area (Å²) in [6, 6.07) is 6.70. The molecular weight excluding hydrogens is 428 g/mol. The van der Waals surface area contributed by atoms with Crippen LogP contribution in [0, 0.1) is 19.8 Å². The second-order valence-corrected chi connectivity index (χ2v) is 10.1. The van der Waals surface area contributed by atoms with E-state index in [2.05, 4.69) is 71.3 Å². The van der Waals surface area contributed by atoms with Crippen LogP contribution in [0.15, 0.2) is 23.0 Å². The van der Waals surface area contributed by atoms with Crippen molar-refractivity contribution in [2.45, 2.75) is 85.0 Å². The zero-order chi connectivity index (χ0) is 24.2. The number of aromatic amines is 1. The van der Waals surface area contributed by atoms with Gasteiger partial charge in [-0.15, -0.1) is 5.10 Å². The van der Waals surface area contributed by atoms with Gasteiger partial charge in [0.15, 0.2) is 5.82 Å². The van der Waals surface area contributed by atoms with E-state index in [1.54, 1.807) is 7.11 Å². The summed E-state index contributed by atoms with van der Waals surface area (Å²) >= 11 is 0. The molecule has 0 spiro atoms. The van der Waals surface area contributed by atoms with Crippen molar-refractivity contribution >= 4 is 10.9 Å². The fraction of sp³-hybridized carbons (Fsp3) is 0.615. The highest BCUT2D eigenvalue weighted by Crippen LogP contribution is 2.35.